The van der Waals surface area contributed by atoms with Crippen molar-refractivity contribution in [2.24, 2.45) is 0 Å². The lowest BCUT2D eigenvalue weighted by molar-refractivity contribution is -0.138. The first kappa shape index (κ1) is 28.7. The summed E-state index contributed by atoms with van der Waals surface area (Å²) in [6, 6.07) is 14.6. The molecule has 1 aromatic carbocycles. The highest BCUT2D eigenvalue weighted by molar-refractivity contribution is 5.92. The largest absolute Gasteiger partial charge is 0.461 e. The minimum Gasteiger partial charge on any atom is -0.461 e. The third kappa shape index (κ3) is 5.63. The fourth-order valence-electron chi connectivity index (χ4n) is 5.50. The zero-order chi connectivity index (χ0) is 30.8. The lowest BCUT2D eigenvalue weighted by atomic mass is 10.1. The number of carbonyl (C=O) groups is 1. The van der Waals surface area contributed by atoms with Crippen LogP contribution in [0.4, 0.5) is 24.7 Å². The van der Waals surface area contributed by atoms with E-state index in [2.05, 4.69) is 19.9 Å². The molecule has 1 N–H and O–H groups in total. The Morgan fingerprint density at radius 2 is 1.86 bits per heavy atom. The van der Waals surface area contributed by atoms with Crippen LogP contribution in [-0.4, -0.2) is 63.5 Å². The molecule has 2 aliphatic rings. The number of hydrogen-bond acceptors (Lipinski definition) is 9. The van der Waals surface area contributed by atoms with Gasteiger partial charge in [0, 0.05) is 51.3 Å². The van der Waals surface area contributed by atoms with Crippen LogP contribution in [0.2, 0.25) is 0 Å². The normalized spacial score (nSPS) is 16.4. The monoisotopic (exact) mass is 602 g/mol. The number of amides is 1. The van der Waals surface area contributed by atoms with Crippen molar-refractivity contribution in [2.45, 2.75) is 18.8 Å². The topological polar surface area (TPSA) is 131 Å². The SMILES string of the molecule is N#Cc1ccc(N2CCN(C(=O)c3ccnc(OC[C@@H]4c5ccccc5CN4c4cc[nH]c(=O)c4C(F)(F)F)n3)CC2)nc1. The molecule has 6 rings (SSSR count). The Balaban J connectivity index is 1.16. The molecule has 1 saturated heterocycles. The second-order valence-electron chi connectivity index (χ2n) is 10.2. The van der Waals surface area contributed by atoms with Crippen molar-refractivity contribution in [1.82, 2.24) is 24.8 Å². The van der Waals surface area contributed by atoms with Gasteiger partial charge in [0.15, 0.2) is 0 Å². The van der Waals surface area contributed by atoms with Crippen molar-refractivity contribution in [1.29, 1.82) is 5.26 Å². The van der Waals surface area contributed by atoms with E-state index >= 15 is 0 Å². The molecule has 44 heavy (non-hydrogen) atoms. The van der Waals surface area contributed by atoms with Crippen molar-refractivity contribution in [3.05, 3.63) is 105 Å². The molecule has 0 saturated carbocycles. The quantitative estimate of drug-likeness (QED) is 0.352. The number of aromatic amines is 1. The molecule has 4 aromatic rings. The number of H-pyrrole nitrogens is 1. The molecule has 1 atom stereocenters. The zero-order valence-corrected chi connectivity index (χ0v) is 23.2. The van der Waals surface area contributed by atoms with Crippen molar-refractivity contribution in [2.75, 3.05) is 42.6 Å². The number of nitrogens with one attached hydrogen (secondary N) is 1. The minimum absolute atomic E-state index is 0.0949. The van der Waals surface area contributed by atoms with E-state index in [1.807, 2.05) is 17.0 Å². The van der Waals surface area contributed by atoms with Crippen molar-refractivity contribution in [3.8, 4) is 12.1 Å². The number of rotatable bonds is 6. The van der Waals surface area contributed by atoms with Gasteiger partial charge in [-0.25, -0.2) is 9.97 Å². The summed E-state index contributed by atoms with van der Waals surface area (Å²) in [6.45, 7) is 1.93. The Hall–Kier alpha value is -5.45. The highest BCUT2D eigenvalue weighted by atomic mass is 19.4. The maximum atomic E-state index is 13.9. The molecule has 0 spiro atoms. The number of nitriles is 1. The molecule has 0 aliphatic carbocycles. The summed E-state index contributed by atoms with van der Waals surface area (Å²) in [5.74, 6) is 0.412. The molecule has 0 bridgehead atoms. The standard InChI is InChI=1S/C30H25F3N8O3/c31-30(32,33)26-23(8-10-35-27(26)42)41-17-20-3-1-2-4-21(20)24(41)18-44-29-36-9-7-22(38-29)28(43)40-13-11-39(12-14-40)25-6-5-19(15-34)16-37-25/h1-10,16,24H,11-14,17-18H2,(H,35,42)/t24-/m1/s1. The van der Waals surface area contributed by atoms with Crippen molar-refractivity contribution in [3.63, 3.8) is 0 Å². The number of pyridine rings is 2. The van der Waals surface area contributed by atoms with Crippen LogP contribution in [0, 0.1) is 11.3 Å². The maximum Gasteiger partial charge on any atom is 0.423 e. The molecule has 0 radical (unpaired) electrons. The average molecular weight is 603 g/mol. The van der Waals surface area contributed by atoms with Crippen LogP contribution in [0.3, 0.4) is 0 Å². The predicted octanol–water partition coefficient (Wildman–Crippen LogP) is 3.55. The van der Waals surface area contributed by atoms with Crippen LogP contribution in [-0.2, 0) is 12.7 Å². The third-order valence-corrected chi connectivity index (χ3v) is 7.65. The Morgan fingerprint density at radius 3 is 2.59 bits per heavy atom. The van der Waals surface area contributed by atoms with E-state index in [1.165, 1.54) is 35.6 Å². The first-order valence-corrected chi connectivity index (χ1v) is 13.7. The summed E-state index contributed by atoms with van der Waals surface area (Å²) in [7, 11) is 0. The van der Waals surface area contributed by atoms with Crippen LogP contribution in [0.25, 0.3) is 0 Å². The Bertz CT molecular complexity index is 1780. The number of hydrogen-bond donors (Lipinski definition) is 1. The van der Waals surface area contributed by atoms with Crippen LogP contribution in [0.5, 0.6) is 6.01 Å². The van der Waals surface area contributed by atoms with Crippen LogP contribution in [0.15, 0.2) is 71.9 Å². The number of carbonyl (C=O) groups excluding carboxylic acids is 1. The Labute approximate surface area is 249 Å². The van der Waals surface area contributed by atoms with Gasteiger partial charge in [-0.3, -0.25) is 9.59 Å². The van der Waals surface area contributed by atoms with E-state index < -0.39 is 23.3 Å². The van der Waals surface area contributed by atoms with Crippen molar-refractivity contribution >= 4 is 17.4 Å². The van der Waals surface area contributed by atoms with Crippen LogP contribution >= 0.6 is 0 Å². The van der Waals surface area contributed by atoms with Gasteiger partial charge in [-0.05, 0) is 35.4 Å². The summed E-state index contributed by atoms with van der Waals surface area (Å²) in [5, 5.41) is 8.98. The maximum absolute atomic E-state index is 13.9. The fraction of sp³-hybridized carbons (Fsp3) is 0.267. The highest BCUT2D eigenvalue weighted by Gasteiger charge is 2.41. The fourth-order valence-corrected chi connectivity index (χ4v) is 5.50. The van der Waals surface area contributed by atoms with Gasteiger partial charge >= 0.3 is 12.2 Å². The van der Waals surface area contributed by atoms with E-state index in [1.54, 1.807) is 35.2 Å². The highest BCUT2D eigenvalue weighted by Crippen LogP contribution is 2.42. The minimum atomic E-state index is -4.87. The lowest BCUT2D eigenvalue weighted by Gasteiger charge is -2.35. The van der Waals surface area contributed by atoms with E-state index in [4.69, 9.17) is 10.00 Å². The molecule has 14 heteroatoms. The molecule has 1 fully saturated rings. The number of piperazine rings is 1. The first-order valence-electron chi connectivity index (χ1n) is 13.7. The number of halogens is 3. The number of fused-ring (bicyclic) bond motifs is 1. The van der Waals surface area contributed by atoms with Gasteiger partial charge in [-0.2, -0.15) is 23.4 Å². The Morgan fingerprint density at radius 1 is 1.07 bits per heavy atom. The van der Waals surface area contributed by atoms with E-state index in [0.717, 1.165) is 16.9 Å². The third-order valence-electron chi connectivity index (χ3n) is 7.65. The van der Waals surface area contributed by atoms with Crippen LogP contribution < -0.4 is 20.1 Å². The Kier molecular flexibility index (Phi) is 7.60. The summed E-state index contributed by atoms with van der Waals surface area (Å²) in [5.41, 5.74) is -0.622. The smallest absolute Gasteiger partial charge is 0.423 e. The first-order chi connectivity index (χ1) is 21.2. The van der Waals surface area contributed by atoms with Gasteiger partial charge in [0.2, 0.25) is 0 Å². The molecule has 5 heterocycles. The molecule has 2 aliphatic heterocycles. The molecule has 11 nitrogen and oxygen atoms in total. The molecular formula is C30H25F3N8O3. The second-order valence-corrected chi connectivity index (χ2v) is 10.2. The van der Waals surface area contributed by atoms with Gasteiger partial charge in [-0.15, -0.1) is 0 Å². The van der Waals surface area contributed by atoms with Crippen LogP contribution in [0.1, 0.15) is 38.8 Å². The van der Waals surface area contributed by atoms with E-state index in [0.29, 0.717) is 31.7 Å². The molecule has 3 aromatic heterocycles. The van der Waals surface area contributed by atoms with Gasteiger partial charge in [-0.1, -0.05) is 24.3 Å². The van der Waals surface area contributed by atoms with E-state index in [9.17, 15) is 22.8 Å². The van der Waals surface area contributed by atoms with Gasteiger partial charge in [0.25, 0.3) is 11.5 Å². The number of nitrogens with zero attached hydrogens (tertiary/aromatic N) is 7. The number of anilines is 2. The van der Waals surface area contributed by atoms with E-state index in [-0.39, 0.29) is 36.5 Å². The average Bonchev–Trinajstić information content (AvgIpc) is 3.41. The number of aromatic nitrogens is 4. The molecular weight excluding hydrogens is 577 g/mol. The predicted molar refractivity (Wildman–Crippen MR) is 152 cm³/mol. The summed E-state index contributed by atoms with van der Waals surface area (Å²) < 4.78 is 47.7. The molecule has 1 amide bonds. The summed E-state index contributed by atoms with van der Waals surface area (Å²) >= 11 is 0. The molecule has 0 unspecified atom stereocenters. The zero-order valence-electron chi connectivity index (χ0n) is 23.2. The van der Waals surface area contributed by atoms with Crippen molar-refractivity contribution < 1.29 is 22.7 Å². The number of alkyl halides is 3. The van der Waals surface area contributed by atoms with Gasteiger partial charge in [0.05, 0.1) is 17.3 Å². The second kappa shape index (κ2) is 11.7. The number of ether oxygens (including phenoxy) is 1. The number of benzene rings is 1. The summed E-state index contributed by atoms with van der Waals surface area (Å²) in [4.78, 5) is 45.5. The van der Waals surface area contributed by atoms with Gasteiger partial charge in [0.1, 0.15) is 29.8 Å². The summed E-state index contributed by atoms with van der Waals surface area (Å²) in [6.07, 6.45) is -0.780. The van der Waals surface area contributed by atoms with Gasteiger partial charge < -0.3 is 24.4 Å². The molecule has 224 valence electrons. The lowest BCUT2D eigenvalue weighted by Crippen LogP contribution is -2.49.